The van der Waals surface area contributed by atoms with Crippen LogP contribution in [0, 0.1) is 0 Å². The molecule has 6 heteroatoms. The standard InChI is InChI=1S/C28H26N2O4/c1-33-26-17-23-22(16-27(26)34-18-20-5-3-2-4-6-20)11-13-29-24(23)10-8-19-7-9-21-12-14-30(28(31)32)25(21)15-19/h2-10,12,14-17,24,29H,11,13,18H2,1H3,(H,31,32). The van der Waals surface area contributed by atoms with Crippen molar-refractivity contribution >= 4 is 23.1 Å². The van der Waals surface area contributed by atoms with Gasteiger partial charge in [-0.05, 0) is 52.9 Å². The molecule has 3 aromatic carbocycles. The van der Waals surface area contributed by atoms with Crippen LogP contribution in [0.4, 0.5) is 4.79 Å². The van der Waals surface area contributed by atoms with Crippen molar-refractivity contribution in [2.75, 3.05) is 13.7 Å². The molecule has 4 aromatic rings. The lowest BCUT2D eigenvalue weighted by molar-refractivity contribution is 0.197. The fourth-order valence-electron chi connectivity index (χ4n) is 4.40. The second kappa shape index (κ2) is 9.45. The van der Waals surface area contributed by atoms with Crippen molar-refractivity contribution in [3.8, 4) is 11.5 Å². The average molecular weight is 455 g/mol. The second-order valence-electron chi connectivity index (χ2n) is 8.30. The molecule has 0 aliphatic carbocycles. The SMILES string of the molecule is COc1cc2c(cc1OCc1ccccc1)CCNC2C=Cc1ccc2ccn(C(=O)O)c2c1. The van der Waals surface area contributed by atoms with E-state index in [4.69, 9.17) is 9.47 Å². The molecule has 1 atom stereocenters. The van der Waals surface area contributed by atoms with E-state index in [0.29, 0.717) is 17.9 Å². The van der Waals surface area contributed by atoms with E-state index in [9.17, 15) is 9.90 Å². The average Bonchev–Trinajstić information content (AvgIpc) is 3.30. The summed E-state index contributed by atoms with van der Waals surface area (Å²) in [5.74, 6) is 1.45. The predicted molar refractivity (Wildman–Crippen MR) is 133 cm³/mol. The lowest BCUT2D eigenvalue weighted by Crippen LogP contribution is -2.28. The molecule has 2 N–H and O–H groups in total. The number of carbonyl (C=O) groups is 1. The number of nitrogens with one attached hydrogen (secondary N) is 1. The highest BCUT2D eigenvalue weighted by molar-refractivity contribution is 5.90. The fourth-order valence-corrected chi connectivity index (χ4v) is 4.40. The molecule has 0 spiro atoms. The molecular weight excluding hydrogens is 428 g/mol. The highest BCUT2D eigenvalue weighted by Gasteiger charge is 2.21. The molecule has 2 heterocycles. The van der Waals surface area contributed by atoms with Crippen LogP contribution in [0.3, 0.4) is 0 Å². The van der Waals surface area contributed by atoms with Crippen molar-refractivity contribution in [3.63, 3.8) is 0 Å². The van der Waals surface area contributed by atoms with Gasteiger partial charge in [0.05, 0.1) is 18.7 Å². The van der Waals surface area contributed by atoms with Crippen LogP contribution in [0.15, 0.2) is 79.0 Å². The summed E-state index contributed by atoms with van der Waals surface area (Å²) in [6, 6.07) is 21.9. The summed E-state index contributed by atoms with van der Waals surface area (Å²) in [4.78, 5) is 11.5. The Balaban J connectivity index is 1.40. The summed E-state index contributed by atoms with van der Waals surface area (Å²) in [6.07, 6.45) is 5.62. The van der Waals surface area contributed by atoms with Gasteiger partial charge in [-0.2, -0.15) is 0 Å². The summed E-state index contributed by atoms with van der Waals surface area (Å²) in [6.45, 7) is 1.34. The van der Waals surface area contributed by atoms with E-state index in [1.165, 1.54) is 10.1 Å². The number of carboxylic acid groups (broad SMARTS) is 1. The van der Waals surface area contributed by atoms with Gasteiger partial charge in [0, 0.05) is 18.1 Å². The van der Waals surface area contributed by atoms with Gasteiger partial charge in [0.25, 0.3) is 0 Å². The number of hydrogen-bond donors (Lipinski definition) is 2. The number of rotatable bonds is 6. The summed E-state index contributed by atoms with van der Waals surface area (Å²) in [5.41, 5.74) is 5.11. The summed E-state index contributed by atoms with van der Waals surface area (Å²) < 4.78 is 13.0. The Morgan fingerprint density at radius 3 is 2.76 bits per heavy atom. The van der Waals surface area contributed by atoms with Gasteiger partial charge in [0.2, 0.25) is 0 Å². The van der Waals surface area contributed by atoms with Gasteiger partial charge in [-0.3, -0.25) is 4.57 Å². The van der Waals surface area contributed by atoms with Gasteiger partial charge >= 0.3 is 6.09 Å². The molecular formula is C28H26N2O4. The molecule has 172 valence electrons. The molecule has 6 nitrogen and oxygen atoms in total. The van der Waals surface area contributed by atoms with Crippen LogP contribution < -0.4 is 14.8 Å². The number of nitrogens with zero attached hydrogens (tertiary/aromatic N) is 1. The van der Waals surface area contributed by atoms with E-state index in [-0.39, 0.29) is 6.04 Å². The Kier molecular flexibility index (Phi) is 6.06. The van der Waals surface area contributed by atoms with Gasteiger partial charge in [0.1, 0.15) is 6.61 Å². The zero-order valence-electron chi connectivity index (χ0n) is 18.9. The molecule has 0 fully saturated rings. The van der Waals surface area contributed by atoms with Crippen molar-refractivity contribution in [1.29, 1.82) is 0 Å². The topological polar surface area (TPSA) is 72.7 Å². The minimum absolute atomic E-state index is 0.0165. The smallest absolute Gasteiger partial charge is 0.415 e. The lowest BCUT2D eigenvalue weighted by Gasteiger charge is -2.26. The van der Waals surface area contributed by atoms with E-state index < -0.39 is 6.09 Å². The molecule has 0 saturated heterocycles. The Hall–Kier alpha value is -4.03. The highest BCUT2D eigenvalue weighted by Crippen LogP contribution is 2.36. The quantitative estimate of drug-likeness (QED) is 0.394. The summed E-state index contributed by atoms with van der Waals surface area (Å²) >= 11 is 0. The van der Waals surface area contributed by atoms with Crippen molar-refractivity contribution in [2.45, 2.75) is 19.1 Å². The maximum absolute atomic E-state index is 11.5. The zero-order valence-corrected chi connectivity index (χ0v) is 18.9. The third-order valence-electron chi connectivity index (χ3n) is 6.16. The third-order valence-corrected chi connectivity index (χ3v) is 6.16. The lowest BCUT2D eigenvalue weighted by atomic mass is 9.93. The van der Waals surface area contributed by atoms with Gasteiger partial charge in [-0.1, -0.05) is 54.6 Å². The number of ether oxygens (including phenoxy) is 2. The molecule has 1 aromatic heterocycles. The molecule has 34 heavy (non-hydrogen) atoms. The Labute approximate surface area is 198 Å². The molecule has 1 unspecified atom stereocenters. The molecule has 0 bridgehead atoms. The Morgan fingerprint density at radius 1 is 1.12 bits per heavy atom. The number of methoxy groups -OCH3 is 1. The number of aromatic nitrogens is 1. The normalized spacial score (nSPS) is 15.4. The first-order chi connectivity index (χ1) is 16.6. The molecule has 0 saturated carbocycles. The minimum Gasteiger partial charge on any atom is -0.493 e. The summed E-state index contributed by atoms with van der Waals surface area (Å²) in [7, 11) is 1.66. The van der Waals surface area contributed by atoms with Gasteiger partial charge in [-0.25, -0.2) is 4.79 Å². The second-order valence-corrected chi connectivity index (χ2v) is 8.30. The molecule has 1 aliphatic rings. The van der Waals surface area contributed by atoms with Crippen LogP contribution >= 0.6 is 0 Å². The van der Waals surface area contributed by atoms with E-state index in [2.05, 4.69) is 23.5 Å². The molecule has 1 aliphatic heterocycles. The fraction of sp³-hybridized carbons (Fsp3) is 0.179. The highest BCUT2D eigenvalue weighted by atomic mass is 16.5. The monoisotopic (exact) mass is 454 g/mol. The first kappa shape index (κ1) is 21.8. The van der Waals surface area contributed by atoms with Crippen LogP contribution in [0.2, 0.25) is 0 Å². The van der Waals surface area contributed by atoms with Crippen LogP contribution in [0.1, 0.15) is 28.3 Å². The van der Waals surface area contributed by atoms with Crippen molar-refractivity contribution in [1.82, 2.24) is 9.88 Å². The van der Waals surface area contributed by atoms with Crippen molar-refractivity contribution in [3.05, 3.63) is 101 Å². The summed E-state index contributed by atoms with van der Waals surface area (Å²) in [5, 5.41) is 13.8. The van der Waals surface area contributed by atoms with Crippen molar-refractivity contribution in [2.24, 2.45) is 0 Å². The van der Waals surface area contributed by atoms with E-state index in [0.717, 1.165) is 40.8 Å². The maximum Gasteiger partial charge on any atom is 0.415 e. The van der Waals surface area contributed by atoms with Crippen LogP contribution in [0.5, 0.6) is 11.5 Å². The van der Waals surface area contributed by atoms with E-state index >= 15 is 0 Å². The first-order valence-corrected chi connectivity index (χ1v) is 11.3. The first-order valence-electron chi connectivity index (χ1n) is 11.3. The molecule has 0 radical (unpaired) electrons. The van der Waals surface area contributed by atoms with Gasteiger partial charge in [0.15, 0.2) is 11.5 Å². The molecule has 0 amide bonds. The number of hydrogen-bond acceptors (Lipinski definition) is 4. The van der Waals surface area contributed by atoms with E-state index in [1.54, 1.807) is 19.4 Å². The predicted octanol–water partition coefficient (Wildman–Crippen LogP) is 5.66. The van der Waals surface area contributed by atoms with Crippen molar-refractivity contribution < 1.29 is 19.4 Å². The van der Waals surface area contributed by atoms with Gasteiger partial charge in [-0.15, -0.1) is 0 Å². The Bertz CT molecular complexity index is 1360. The number of fused-ring (bicyclic) bond motifs is 2. The van der Waals surface area contributed by atoms with Crippen LogP contribution in [-0.2, 0) is 13.0 Å². The van der Waals surface area contributed by atoms with Crippen LogP contribution in [0.25, 0.3) is 17.0 Å². The van der Waals surface area contributed by atoms with E-state index in [1.807, 2.05) is 54.6 Å². The Morgan fingerprint density at radius 2 is 1.97 bits per heavy atom. The zero-order chi connectivity index (χ0) is 23.5. The van der Waals surface area contributed by atoms with Gasteiger partial charge < -0.3 is 19.9 Å². The third kappa shape index (κ3) is 4.40. The minimum atomic E-state index is -0.989. The molecule has 5 rings (SSSR count). The maximum atomic E-state index is 11.5. The largest absolute Gasteiger partial charge is 0.493 e. The number of benzene rings is 3. The van der Waals surface area contributed by atoms with Crippen LogP contribution in [-0.4, -0.2) is 29.4 Å².